The van der Waals surface area contributed by atoms with Gasteiger partial charge in [0.1, 0.15) is 6.54 Å². The molecule has 2 fully saturated rings. The van der Waals surface area contributed by atoms with Gasteiger partial charge in [-0.2, -0.15) is 0 Å². The van der Waals surface area contributed by atoms with Gasteiger partial charge in [-0.05, 0) is 56.1 Å². The molecule has 1 aromatic rings. The molecule has 0 aromatic heterocycles. The van der Waals surface area contributed by atoms with Crippen LogP contribution in [0.2, 0.25) is 0 Å². The number of rotatable bonds is 5. The molecule has 0 spiro atoms. The summed E-state index contributed by atoms with van der Waals surface area (Å²) >= 11 is 0. The predicted molar refractivity (Wildman–Crippen MR) is 146 cm³/mol. The number of hydrogen-bond donors (Lipinski definition) is 2. The standard InChI is InChI=1S/C26H41N5O.HI/c1-30(2)25(32)19-27-26(29-23-13-12-20-8-6-7-9-21(20)18-23)28-22-14-16-31(17-15-22)24-10-4-3-5-11-24;/h6-9,22-24H,3-5,10-19H2,1-2H3,(H2,27,28,29);1H. The molecule has 2 aliphatic carbocycles. The third kappa shape index (κ3) is 7.57. The van der Waals surface area contributed by atoms with Crippen molar-refractivity contribution in [3.05, 3.63) is 35.4 Å². The molecule has 3 aliphatic rings. The highest BCUT2D eigenvalue weighted by Gasteiger charge is 2.27. The molecular formula is C26H42IN5O. The number of piperidine rings is 1. The summed E-state index contributed by atoms with van der Waals surface area (Å²) in [5.74, 6) is 0.841. The molecule has 1 saturated carbocycles. The zero-order chi connectivity index (χ0) is 22.3. The fraction of sp³-hybridized carbons (Fsp3) is 0.692. The van der Waals surface area contributed by atoms with Gasteiger partial charge in [-0.25, -0.2) is 4.99 Å². The number of likely N-dealkylation sites (tertiary alicyclic amines) is 1. The number of fused-ring (bicyclic) bond motifs is 1. The van der Waals surface area contributed by atoms with E-state index in [0.29, 0.717) is 12.1 Å². The number of aryl methyl sites for hydroxylation is 1. The minimum atomic E-state index is 0. The number of halogens is 1. The molecule has 2 N–H and O–H groups in total. The van der Waals surface area contributed by atoms with Crippen LogP contribution in [0.15, 0.2) is 29.3 Å². The normalized spacial score (nSPS) is 22.7. The van der Waals surface area contributed by atoms with Gasteiger partial charge >= 0.3 is 0 Å². The van der Waals surface area contributed by atoms with Crippen LogP contribution < -0.4 is 10.6 Å². The average molecular weight is 568 g/mol. The zero-order valence-electron chi connectivity index (χ0n) is 20.4. The van der Waals surface area contributed by atoms with Gasteiger partial charge in [0, 0.05) is 45.3 Å². The van der Waals surface area contributed by atoms with E-state index in [2.05, 4.69) is 44.8 Å². The van der Waals surface area contributed by atoms with Crippen molar-refractivity contribution in [2.75, 3.05) is 33.7 Å². The number of carbonyl (C=O) groups excluding carboxylic acids is 1. The Bertz CT molecular complexity index is 785. The topological polar surface area (TPSA) is 60.0 Å². The Hall–Kier alpha value is -1.35. The maximum absolute atomic E-state index is 12.2. The fourth-order valence-electron chi connectivity index (χ4n) is 5.48. The van der Waals surface area contributed by atoms with E-state index >= 15 is 0 Å². The summed E-state index contributed by atoms with van der Waals surface area (Å²) in [6.07, 6.45) is 12.5. The lowest BCUT2D eigenvalue weighted by Crippen LogP contribution is -2.53. The number of likely N-dealkylation sites (N-methyl/N-ethyl adjacent to an activating group) is 1. The number of nitrogens with one attached hydrogen (secondary N) is 2. The van der Waals surface area contributed by atoms with Gasteiger partial charge in [0.15, 0.2) is 5.96 Å². The molecule has 1 saturated heterocycles. The lowest BCUT2D eigenvalue weighted by Gasteiger charge is -2.40. The number of carbonyl (C=O) groups is 1. The number of nitrogens with zero attached hydrogens (tertiary/aromatic N) is 3. The average Bonchev–Trinajstić information content (AvgIpc) is 2.83. The van der Waals surface area contributed by atoms with E-state index in [0.717, 1.165) is 44.1 Å². The maximum Gasteiger partial charge on any atom is 0.243 e. The SMILES string of the molecule is CN(C)C(=O)CN=C(NC1CCN(C2CCCCC2)CC1)NC1CCc2ccccc2C1.I. The largest absolute Gasteiger partial charge is 0.354 e. The number of aliphatic imine (C=N–C) groups is 1. The first kappa shape index (κ1) is 26.3. The number of amides is 1. The number of guanidine groups is 1. The lowest BCUT2D eigenvalue weighted by atomic mass is 9.88. The minimum absolute atomic E-state index is 0. The van der Waals surface area contributed by atoms with Crippen molar-refractivity contribution in [3.63, 3.8) is 0 Å². The Morgan fingerprint density at radius 2 is 1.64 bits per heavy atom. The van der Waals surface area contributed by atoms with Crippen LogP contribution in [0.3, 0.4) is 0 Å². The molecule has 1 atom stereocenters. The van der Waals surface area contributed by atoms with E-state index in [9.17, 15) is 4.79 Å². The molecule has 6 nitrogen and oxygen atoms in total. The number of benzene rings is 1. The highest BCUT2D eigenvalue weighted by atomic mass is 127. The minimum Gasteiger partial charge on any atom is -0.354 e. The fourth-order valence-corrected chi connectivity index (χ4v) is 5.48. The smallest absolute Gasteiger partial charge is 0.243 e. The second kappa shape index (κ2) is 12.9. The Balaban J connectivity index is 0.00000306. The second-order valence-electron chi connectivity index (χ2n) is 10.1. The van der Waals surface area contributed by atoms with Gasteiger partial charge in [0.25, 0.3) is 0 Å². The van der Waals surface area contributed by atoms with Gasteiger partial charge in [-0.15, -0.1) is 24.0 Å². The summed E-state index contributed by atoms with van der Waals surface area (Å²) in [4.78, 5) is 21.2. The molecule has 0 bridgehead atoms. The van der Waals surface area contributed by atoms with Crippen molar-refractivity contribution >= 4 is 35.8 Å². The monoisotopic (exact) mass is 567 g/mol. The maximum atomic E-state index is 12.2. The van der Waals surface area contributed by atoms with E-state index in [4.69, 9.17) is 0 Å². The van der Waals surface area contributed by atoms with Crippen LogP contribution in [-0.4, -0.2) is 73.5 Å². The molecule has 1 aromatic carbocycles. The van der Waals surface area contributed by atoms with Crippen LogP contribution in [0.25, 0.3) is 0 Å². The van der Waals surface area contributed by atoms with Crippen molar-refractivity contribution in [1.82, 2.24) is 20.4 Å². The molecule has 1 unspecified atom stereocenters. The summed E-state index contributed by atoms with van der Waals surface area (Å²) in [6, 6.07) is 10.3. The Morgan fingerprint density at radius 3 is 2.33 bits per heavy atom. The summed E-state index contributed by atoms with van der Waals surface area (Å²) in [6.45, 7) is 2.53. The van der Waals surface area contributed by atoms with Crippen LogP contribution in [0, 0.1) is 0 Å². The first-order valence-electron chi connectivity index (χ1n) is 12.7. The quantitative estimate of drug-likeness (QED) is 0.325. The van der Waals surface area contributed by atoms with Gasteiger partial charge in [-0.1, -0.05) is 43.5 Å². The first-order valence-corrected chi connectivity index (χ1v) is 12.7. The van der Waals surface area contributed by atoms with E-state index in [1.54, 1.807) is 19.0 Å². The summed E-state index contributed by atoms with van der Waals surface area (Å²) in [5, 5.41) is 7.35. The van der Waals surface area contributed by atoms with Crippen molar-refractivity contribution in [1.29, 1.82) is 0 Å². The summed E-state index contributed by atoms with van der Waals surface area (Å²) in [5.41, 5.74) is 2.90. The van der Waals surface area contributed by atoms with Crippen LogP contribution in [0.4, 0.5) is 0 Å². The van der Waals surface area contributed by atoms with Gasteiger partial charge in [0.2, 0.25) is 5.91 Å². The van der Waals surface area contributed by atoms with Crippen molar-refractivity contribution in [3.8, 4) is 0 Å². The Morgan fingerprint density at radius 1 is 0.970 bits per heavy atom. The molecule has 184 valence electrons. The predicted octanol–water partition coefficient (Wildman–Crippen LogP) is 3.58. The molecule has 7 heteroatoms. The van der Waals surface area contributed by atoms with Crippen molar-refractivity contribution in [2.45, 2.75) is 82.3 Å². The van der Waals surface area contributed by atoms with Crippen molar-refractivity contribution in [2.24, 2.45) is 4.99 Å². The van der Waals surface area contributed by atoms with E-state index < -0.39 is 0 Å². The summed E-state index contributed by atoms with van der Waals surface area (Å²) < 4.78 is 0. The van der Waals surface area contributed by atoms with Crippen LogP contribution in [-0.2, 0) is 17.6 Å². The molecule has 1 heterocycles. The highest BCUT2D eigenvalue weighted by molar-refractivity contribution is 14.0. The van der Waals surface area contributed by atoms with Crippen molar-refractivity contribution < 1.29 is 4.79 Å². The molecule has 33 heavy (non-hydrogen) atoms. The van der Waals surface area contributed by atoms with Crippen LogP contribution >= 0.6 is 24.0 Å². The van der Waals surface area contributed by atoms with Gasteiger partial charge < -0.3 is 20.4 Å². The Kier molecular flexibility index (Phi) is 10.3. The summed E-state index contributed by atoms with van der Waals surface area (Å²) in [7, 11) is 3.58. The van der Waals surface area contributed by atoms with E-state index in [-0.39, 0.29) is 36.4 Å². The number of hydrogen-bond acceptors (Lipinski definition) is 3. The van der Waals surface area contributed by atoms with Crippen LogP contribution in [0.1, 0.15) is 62.5 Å². The molecule has 4 rings (SSSR count). The first-order chi connectivity index (χ1) is 15.6. The molecule has 0 radical (unpaired) electrons. The Labute approximate surface area is 217 Å². The van der Waals surface area contributed by atoms with Gasteiger partial charge in [0.05, 0.1) is 0 Å². The third-order valence-electron chi connectivity index (χ3n) is 7.52. The zero-order valence-corrected chi connectivity index (χ0v) is 22.7. The third-order valence-corrected chi connectivity index (χ3v) is 7.52. The van der Waals surface area contributed by atoms with Gasteiger partial charge in [-0.3, -0.25) is 4.79 Å². The highest BCUT2D eigenvalue weighted by Crippen LogP contribution is 2.25. The van der Waals surface area contributed by atoms with Crippen LogP contribution in [0.5, 0.6) is 0 Å². The van der Waals surface area contributed by atoms with E-state index in [1.807, 2.05) is 0 Å². The molecule has 1 amide bonds. The van der Waals surface area contributed by atoms with E-state index in [1.165, 1.54) is 56.3 Å². The molecular weight excluding hydrogens is 525 g/mol. The lowest BCUT2D eigenvalue weighted by molar-refractivity contribution is -0.127. The second-order valence-corrected chi connectivity index (χ2v) is 10.1. The molecule has 1 aliphatic heterocycles.